The van der Waals surface area contributed by atoms with Crippen molar-refractivity contribution in [3.8, 4) is 0 Å². The molecule has 3 heteroatoms. The summed E-state index contributed by atoms with van der Waals surface area (Å²) in [6, 6.07) is 19.2. The molecule has 0 saturated heterocycles. The first-order valence-corrected chi connectivity index (χ1v) is 6.38. The number of hydrogen-bond donors (Lipinski definition) is 1. The highest BCUT2D eigenvalue weighted by Crippen LogP contribution is 2.10. The molecule has 0 atom stereocenters. The normalized spacial score (nSPS) is 11.1. The number of carbonyl (C=O) groups excluding carboxylic acids is 1. The van der Waals surface area contributed by atoms with Crippen LogP contribution in [0.2, 0.25) is 0 Å². The highest BCUT2D eigenvalue weighted by molar-refractivity contribution is 6.44. The van der Waals surface area contributed by atoms with Crippen LogP contribution in [0.5, 0.6) is 0 Å². The van der Waals surface area contributed by atoms with Gasteiger partial charge < -0.3 is 5.32 Å². The van der Waals surface area contributed by atoms with E-state index in [2.05, 4.69) is 5.32 Å². The molecule has 0 saturated carbocycles. The van der Waals surface area contributed by atoms with E-state index in [0.717, 1.165) is 11.1 Å². The second-order valence-electron chi connectivity index (χ2n) is 4.07. The van der Waals surface area contributed by atoms with Crippen molar-refractivity contribution >= 4 is 23.6 Å². The van der Waals surface area contributed by atoms with E-state index in [1.165, 1.54) is 0 Å². The van der Waals surface area contributed by atoms with Gasteiger partial charge in [0.05, 0.1) is 0 Å². The molecule has 1 N–H and O–H groups in total. The largest absolute Gasteiger partial charge is 0.347 e. The molecule has 0 aliphatic heterocycles. The summed E-state index contributed by atoms with van der Waals surface area (Å²) in [5.41, 5.74) is 1.95. The summed E-state index contributed by atoms with van der Waals surface area (Å²) in [6.07, 6.45) is 1.65. The summed E-state index contributed by atoms with van der Waals surface area (Å²) < 4.78 is 0. The summed E-state index contributed by atoms with van der Waals surface area (Å²) in [5.74, 6) is -0.269. The van der Waals surface area contributed by atoms with E-state index in [0.29, 0.717) is 6.54 Å². The van der Waals surface area contributed by atoms with Crippen molar-refractivity contribution in [2.75, 3.05) is 0 Å². The molecule has 0 fully saturated rings. The third-order valence-corrected chi connectivity index (χ3v) is 2.89. The van der Waals surface area contributed by atoms with E-state index in [1.54, 1.807) is 6.08 Å². The van der Waals surface area contributed by atoms with Crippen molar-refractivity contribution in [2.24, 2.45) is 0 Å². The summed E-state index contributed by atoms with van der Waals surface area (Å²) in [4.78, 5) is 11.8. The Morgan fingerprint density at radius 3 is 2.21 bits per heavy atom. The lowest BCUT2D eigenvalue weighted by Gasteiger charge is -2.04. The zero-order chi connectivity index (χ0) is 13.5. The molecular weight excluding hydrogens is 258 g/mol. The van der Waals surface area contributed by atoms with Gasteiger partial charge in [0.2, 0.25) is 0 Å². The molecule has 1 amide bonds. The Morgan fingerprint density at radius 1 is 1.00 bits per heavy atom. The quantitative estimate of drug-likeness (QED) is 0.846. The standard InChI is InChI=1S/C16H14ClNO/c17-15(11-13-7-3-1-4-8-13)16(19)18-12-14-9-5-2-6-10-14/h1-11H,12H2,(H,18,19)/b15-11-. The van der Waals surface area contributed by atoms with Crippen molar-refractivity contribution in [3.05, 3.63) is 76.8 Å². The Hall–Kier alpha value is -2.06. The first-order valence-electron chi connectivity index (χ1n) is 6.00. The average Bonchev–Trinajstić information content (AvgIpc) is 2.47. The van der Waals surface area contributed by atoms with Gasteiger partial charge in [0.15, 0.2) is 0 Å². The highest BCUT2D eigenvalue weighted by Gasteiger charge is 2.05. The van der Waals surface area contributed by atoms with Gasteiger partial charge in [0.25, 0.3) is 5.91 Å². The fourth-order valence-corrected chi connectivity index (χ4v) is 1.82. The number of amides is 1. The molecule has 96 valence electrons. The molecular formula is C16H14ClNO. The molecule has 0 heterocycles. The molecule has 2 aromatic rings. The summed E-state index contributed by atoms with van der Waals surface area (Å²) >= 11 is 5.98. The van der Waals surface area contributed by atoms with Gasteiger partial charge in [-0.05, 0) is 17.2 Å². The molecule has 2 aromatic carbocycles. The molecule has 0 spiro atoms. The summed E-state index contributed by atoms with van der Waals surface area (Å²) in [5, 5.41) is 2.96. The number of nitrogens with one attached hydrogen (secondary N) is 1. The van der Waals surface area contributed by atoms with E-state index < -0.39 is 0 Å². The Morgan fingerprint density at radius 2 is 1.58 bits per heavy atom. The third-order valence-electron chi connectivity index (χ3n) is 2.61. The van der Waals surface area contributed by atoms with Gasteiger partial charge in [-0.25, -0.2) is 0 Å². The monoisotopic (exact) mass is 271 g/mol. The number of carbonyl (C=O) groups is 1. The maximum absolute atomic E-state index is 11.8. The minimum absolute atomic E-state index is 0.183. The van der Waals surface area contributed by atoms with Gasteiger partial charge in [-0.1, -0.05) is 72.3 Å². The molecule has 0 bridgehead atoms. The Balaban J connectivity index is 1.95. The molecule has 0 radical (unpaired) electrons. The van der Waals surface area contributed by atoms with E-state index in [4.69, 9.17) is 11.6 Å². The van der Waals surface area contributed by atoms with Gasteiger partial charge in [-0.15, -0.1) is 0 Å². The van der Waals surface area contributed by atoms with Crippen molar-refractivity contribution in [1.29, 1.82) is 0 Å². The van der Waals surface area contributed by atoms with E-state index >= 15 is 0 Å². The van der Waals surface area contributed by atoms with Crippen LogP contribution in [0.15, 0.2) is 65.7 Å². The fraction of sp³-hybridized carbons (Fsp3) is 0.0625. The van der Waals surface area contributed by atoms with Crippen LogP contribution in [-0.4, -0.2) is 5.91 Å². The van der Waals surface area contributed by atoms with Gasteiger partial charge in [-0.3, -0.25) is 4.79 Å². The van der Waals surface area contributed by atoms with Crippen LogP contribution in [0.1, 0.15) is 11.1 Å². The van der Waals surface area contributed by atoms with Gasteiger partial charge in [-0.2, -0.15) is 0 Å². The number of rotatable bonds is 4. The molecule has 0 aliphatic carbocycles. The Bertz CT molecular complexity index is 564. The maximum Gasteiger partial charge on any atom is 0.263 e. The first kappa shape index (κ1) is 13.4. The molecule has 19 heavy (non-hydrogen) atoms. The molecule has 0 aliphatic rings. The van der Waals surface area contributed by atoms with Gasteiger partial charge >= 0.3 is 0 Å². The lowest BCUT2D eigenvalue weighted by molar-refractivity contribution is -0.116. The summed E-state index contributed by atoms with van der Waals surface area (Å²) in [7, 11) is 0. The van der Waals surface area contributed by atoms with Crippen LogP contribution >= 0.6 is 11.6 Å². The highest BCUT2D eigenvalue weighted by atomic mass is 35.5. The van der Waals surface area contributed by atoms with Crippen LogP contribution in [0.3, 0.4) is 0 Å². The smallest absolute Gasteiger partial charge is 0.263 e. The van der Waals surface area contributed by atoms with Crippen molar-refractivity contribution < 1.29 is 4.79 Å². The lowest BCUT2D eigenvalue weighted by Crippen LogP contribution is -2.22. The number of hydrogen-bond acceptors (Lipinski definition) is 1. The van der Waals surface area contributed by atoms with Crippen molar-refractivity contribution in [2.45, 2.75) is 6.54 Å². The fourth-order valence-electron chi connectivity index (χ4n) is 1.62. The first-order chi connectivity index (χ1) is 9.25. The van der Waals surface area contributed by atoms with Crippen molar-refractivity contribution in [1.82, 2.24) is 5.32 Å². The summed E-state index contributed by atoms with van der Waals surface area (Å²) in [6.45, 7) is 0.471. The second kappa shape index (κ2) is 6.76. The molecule has 0 aromatic heterocycles. The predicted molar refractivity (Wildman–Crippen MR) is 78.6 cm³/mol. The Kier molecular flexibility index (Phi) is 4.76. The van der Waals surface area contributed by atoms with E-state index in [9.17, 15) is 4.79 Å². The van der Waals surface area contributed by atoms with Crippen LogP contribution < -0.4 is 5.32 Å². The van der Waals surface area contributed by atoms with Crippen LogP contribution in [0, 0.1) is 0 Å². The van der Waals surface area contributed by atoms with Crippen LogP contribution in [-0.2, 0) is 11.3 Å². The topological polar surface area (TPSA) is 29.1 Å². The van der Waals surface area contributed by atoms with Gasteiger partial charge in [0, 0.05) is 6.54 Å². The van der Waals surface area contributed by atoms with Crippen LogP contribution in [0.4, 0.5) is 0 Å². The van der Waals surface area contributed by atoms with E-state index in [1.807, 2.05) is 60.7 Å². The lowest BCUT2D eigenvalue weighted by atomic mass is 10.2. The second-order valence-corrected chi connectivity index (χ2v) is 4.48. The maximum atomic E-state index is 11.8. The van der Waals surface area contributed by atoms with E-state index in [-0.39, 0.29) is 10.9 Å². The Labute approximate surface area is 117 Å². The predicted octanol–water partition coefficient (Wildman–Crippen LogP) is 3.58. The molecule has 2 rings (SSSR count). The zero-order valence-electron chi connectivity index (χ0n) is 10.3. The van der Waals surface area contributed by atoms with Crippen molar-refractivity contribution in [3.63, 3.8) is 0 Å². The number of benzene rings is 2. The van der Waals surface area contributed by atoms with Gasteiger partial charge in [0.1, 0.15) is 5.03 Å². The minimum Gasteiger partial charge on any atom is -0.347 e. The zero-order valence-corrected chi connectivity index (χ0v) is 11.1. The minimum atomic E-state index is -0.269. The SMILES string of the molecule is O=C(NCc1ccccc1)/C(Cl)=C/c1ccccc1. The third kappa shape index (κ3) is 4.27. The number of halogens is 1. The molecule has 0 unspecified atom stereocenters. The van der Waals surface area contributed by atoms with Crippen LogP contribution in [0.25, 0.3) is 6.08 Å². The molecule has 2 nitrogen and oxygen atoms in total. The average molecular weight is 272 g/mol.